The Kier molecular flexibility index (Phi) is 6.60. The molecular weight excluding hydrogens is 549 g/mol. The van der Waals surface area contributed by atoms with E-state index in [2.05, 4.69) is 20.0 Å². The maximum absolute atomic E-state index is 14.9. The van der Waals surface area contributed by atoms with E-state index in [1.807, 2.05) is 4.90 Å². The third-order valence-electron chi connectivity index (χ3n) is 7.48. The predicted molar refractivity (Wildman–Crippen MR) is 151 cm³/mol. The van der Waals surface area contributed by atoms with E-state index in [0.717, 1.165) is 0 Å². The highest BCUT2D eigenvalue weighted by Crippen LogP contribution is 2.28. The first-order valence-corrected chi connectivity index (χ1v) is 13.4. The van der Waals surface area contributed by atoms with E-state index < -0.39 is 17.4 Å². The molecule has 5 heterocycles. The van der Waals surface area contributed by atoms with Crippen LogP contribution < -0.4 is 21.1 Å². The van der Waals surface area contributed by atoms with Crippen LogP contribution in [-0.2, 0) is 18.4 Å². The quantitative estimate of drug-likeness (QED) is 0.276. The second kappa shape index (κ2) is 10.2. The highest BCUT2D eigenvalue weighted by atomic mass is 19.1. The maximum Gasteiger partial charge on any atom is 0.347 e. The zero-order chi connectivity index (χ0) is 29.8. The Morgan fingerprint density at radius 2 is 1.90 bits per heavy atom. The second-order valence-corrected chi connectivity index (χ2v) is 10.6. The average molecular weight is 580 g/mol. The summed E-state index contributed by atoms with van der Waals surface area (Å²) in [4.78, 5) is 37.7. The molecule has 220 valence electrons. The molecule has 0 bridgehead atoms. The van der Waals surface area contributed by atoms with Gasteiger partial charge >= 0.3 is 11.7 Å². The van der Waals surface area contributed by atoms with Crippen molar-refractivity contribution in [3.8, 4) is 17.3 Å². The Balaban J connectivity index is 1.15. The molecule has 14 nitrogen and oxygen atoms in total. The van der Waals surface area contributed by atoms with Crippen molar-refractivity contribution in [2.45, 2.75) is 26.0 Å². The van der Waals surface area contributed by atoms with Crippen molar-refractivity contribution in [2.75, 3.05) is 43.4 Å². The van der Waals surface area contributed by atoms with E-state index >= 15 is 0 Å². The summed E-state index contributed by atoms with van der Waals surface area (Å²) in [5.41, 5.74) is 6.24. The van der Waals surface area contributed by atoms with Crippen LogP contribution in [0.25, 0.3) is 28.4 Å². The van der Waals surface area contributed by atoms with E-state index in [4.69, 9.17) is 14.9 Å². The van der Waals surface area contributed by atoms with Gasteiger partial charge in [-0.1, -0.05) is 0 Å². The van der Waals surface area contributed by atoms with Crippen molar-refractivity contribution >= 4 is 34.4 Å². The molecule has 1 aromatic carbocycles. The number of ether oxygens (including phenoxy) is 1. The highest BCUT2D eigenvalue weighted by Gasteiger charge is 2.30. The number of furan rings is 1. The highest BCUT2D eigenvalue weighted by molar-refractivity contribution is 5.88. The maximum atomic E-state index is 14.9. The minimum Gasteiger partial charge on any atom is -0.478 e. The normalized spacial score (nSPS) is 14.7. The number of carboxylic acids is 1. The molecule has 1 saturated heterocycles. The van der Waals surface area contributed by atoms with Gasteiger partial charge in [0.25, 0.3) is 0 Å². The molecule has 0 amide bonds. The van der Waals surface area contributed by atoms with Crippen LogP contribution >= 0.6 is 0 Å². The number of hydrogen-bond donors (Lipinski definition) is 2. The molecule has 0 radical (unpaired) electrons. The second-order valence-electron chi connectivity index (χ2n) is 10.6. The number of nitrogens with zero attached hydrogens (tertiary/aromatic N) is 8. The molecule has 1 aliphatic heterocycles. The number of halogens is 1. The number of fused-ring (bicyclic) bond motifs is 3. The zero-order valence-electron chi connectivity index (χ0n) is 23.3. The minimum absolute atomic E-state index is 0.0979. The number of nitrogens with two attached hydrogens (primary N) is 1. The van der Waals surface area contributed by atoms with Gasteiger partial charge in [0.05, 0.1) is 12.0 Å². The van der Waals surface area contributed by atoms with Crippen LogP contribution in [0.3, 0.4) is 0 Å². The molecule has 0 spiro atoms. The molecule has 0 unspecified atom stereocenters. The predicted octanol–water partition coefficient (Wildman–Crippen LogP) is 1.82. The zero-order valence-corrected chi connectivity index (χ0v) is 23.3. The summed E-state index contributed by atoms with van der Waals surface area (Å²) >= 11 is 0. The first-order valence-electron chi connectivity index (χ1n) is 13.4. The van der Waals surface area contributed by atoms with Gasteiger partial charge in [0, 0.05) is 52.4 Å². The molecule has 0 saturated carbocycles. The molecule has 3 N–H and O–H groups in total. The number of piperazine rings is 1. The van der Waals surface area contributed by atoms with E-state index in [-0.39, 0.29) is 17.4 Å². The summed E-state index contributed by atoms with van der Waals surface area (Å²) < 4.78 is 30.3. The molecule has 42 heavy (non-hydrogen) atoms. The van der Waals surface area contributed by atoms with Crippen LogP contribution in [0.5, 0.6) is 5.75 Å². The fraction of sp³-hybridized carbons (Fsp3) is 0.370. The number of imidazole rings is 1. The molecule has 1 fully saturated rings. The Morgan fingerprint density at radius 1 is 1.14 bits per heavy atom. The monoisotopic (exact) mass is 579 g/mol. The lowest BCUT2D eigenvalue weighted by molar-refractivity contribution is -0.152. The Bertz CT molecular complexity index is 1850. The van der Waals surface area contributed by atoms with Crippen LogP contribution in [-0.4, -0.2) is 83.0 Å². The van der Waals surface area contributed by atoms with Crippen LogP contribution in [0.1, 0.15) is 13.8 Å². The minimum atomic E-state index is -1.48. The third-order valence-corrected chi connectivity index (χ3v) is 7.48. The van der Waals surface area contributed by atoms with Crippen LogP contribution in [0.4, 0.5) is 16.0 Å². The smallest absolute Gasteiger partial charge is 0.347 e. The summed E-state index contributed by atoms with van der Waals surface area (Å²) in [6.07, 6.45) is 1.52. The van der Waals surface area contributed by atoms with Gasteiger partial charge in [0.15, 0.2) is 22.7 Å². The summed E-state index contributed by atoms with van der Waals surface area (Å²) in [6, 6.07) is 7.86. The van der Waals surface area contributed by atoms with Gasteiger partial charge in [-0.2, -0.15) is 9.50 Å². The van der Waals surface area contributed by atoms with E-state index in [1.165, 1.54) is 35.3 Å². The first-order chi connectivity index (χ1) is 20.0. The van der Waals surface area contributed by atoms with Crippen molar-refractivity contribution in [3.63, 3.8) is 0 Å². The number of aryl methyl sites for hydroxylation is 1. The number of nitrogen functional groups attached to an aromatic ring is 1. The van der Waals surface area contributed by atoms with Crippen molar-refractivity contribution in [2.24, 2.45) is 7.05 Å². The van der Waals surface area contributed by atoms with Crippen molar-refractivity contribution in [1.29, 1.82) is 0 Å². The Hall–Kier alpha value is -4.92. The first kappa shape index (κ1) is 27.3. The number of carboxylic acid groups (broad SMARTS) is 1. The van der Waals surface area contributed by atoms with Crippen molar-refractivity contribution in [3.05, 3.63) is 52.9 Å². The van der Waals surface area contributed by atoms with E-state index in [1.54, 1.807) is 35.9 Å². The fourth-order valence-electron chi connectivity index (χ4n) is 5.10. The summed E-state index contributed by atoms with van der Waals surface area (Å²) in [7, 11) is 1.66. The SMILES string of the molecule is Cn1c(=O)n(CCN2CCN(c3ccc(OC(C)(C)C(=O)O)cc3F)CC2)c2nc(N)n3nc(-c4ccco4)nc3c21. The molecule has 0 atom stereocenters. The molecule has 6 rings (SSSR count). The molecule has 4 aromatic heterocycles. The van der Waals surface area contributed by atoms with Gasteiger partial charge in [0.1, 0.15) is 17.1 Å². The third kappa shape index (κ3) is 4.70. The number of aromatic nitrogens is 6. The standard InChI is InChI=1S/C27H30FN9O5/c1-27(2,24(38)39)42-16-6-7-18(17(28)15-16)35-11-8-34(9-12-35)10-13-36-22-20(33(3)26(36)40)23-30-21(19-5-4-14-41-19)32-37(23)25(29)31-22/h4-7,14-15H,8-13H2,1-3H3,(H2,29,31)(H,38,39). The topological polar surface area (TPSA) is 162 Å². The fourth-order valence-corrected chi connectivity index (χ4v) is 5.10. The van der Waals surface area contributed by atoms with Gasteiger partial charge < -0.3 is 24.9 Å². The number of carbonyl (C=O) groups is 1. The van der Waals surface area contributed by atoms with Crippen molar-refractivity contribution in [1.82, 2.24) is 33.6 Å². The van der Waals surface area contributed by atoms with Gasteiger partial charge in [-0.25, -0.2) is 19.0 Å². The van der Waals surface area contributed by atoms with Gasteiger partial charge in [-0.15, -0.1) is 5.10 Å². The molecule has 0 aliphatic carbocycles. The van der Waals surface area contributed by atoms with Crippen LogP contribution in [0.2, 0.25) is 0 Å². The van der Waals surface area contributed by atoms with Gasteiger partial charge in [-0.05, 0) is 38.1 Å². The lowest BCUT2D eigenvalue weighted by atomic mass is 10.1. The molecule has 15 heteroatoms. The van der Waals surface area contributed by atoms with Crippen LogP contribution in [0.15, 0.2) is 45.8 Å². The number of anilines is 2. The van der Waals surface area contributed by atoms with Crippen molar-refractivity contribution < 1.29 is 23.4 Å². The average Bonchev–Trinajstić information content (AvgIpc) is 3.68. The van der Waals surface area contributed by atoms with E-state index in [9.17, 15) is 19.1 Å². The molecular formula is C27H30FN9O5. The Morgan fingerprint density at radius 3 is 2.57 bits per heavy atom. The largest absolute Gasteiger partial charge is 0.478 e. The number of rotatable bonds is 8. The lowest BCUT2D eigenvalue weighted by Crippen LogP contribution is -2.47. The Labute approximate surface area is 238 Å². The summed E-state index contributed by atoms with van der Waals surface area (Å²) in [5.74, 6) is -0.566. The molecule has 1 aliphatic rings. The van der Waals surface area contributed by atoms with Crippen LogP contribution in [0, 0.1) is 5.82 Å². The molecule has 5 aromatic rings. The van der Waals surface area contributed by atoms with E-state index in [0.29, 0.717) is 73.4 Å². The number of aliphatic carboxylic acids is 1. The summed E-state index contributed by atoms with van der Waals surface area (Å²) in [6.45, 7) is 6.21. The lowest BCUT2D eigenvalue weighted by Gasteiger charge is -2.36. The number of hydrogen-bond acceptors (Lipinski definition) is 10. The van der Waals surface area contributed by atoms with Gasteiger partial charge in [0.2, 0.25) is 11.8 Å². The summed E-state index contributed by atoms with van der Waals surface area (Å²) in [5, 5.41) is 13.7. The van der Waals surface area contributed by atoms with Gasteiger partial charge in [-0.3, -0.25) is 14.0 Å². The number of benzene rings is 1.